The van der Waals surface area contributed by atoms with E-state index in [4.69, 9.17) is 0 Å². The number of benzene rings is 1. The lowest BCUT2D eigenvalue weighted by Crippen LogP contribution is -2.32. The molecule has 8 nitrogen and oxygen atoms in total. The summed E-state index contributed by atoms with van der Waals surface area (Å²) < 4.78 is 1.61. The average Bonchev–Trinajstić information content (AvgIpc) is 3.21. The number of amides is 2. The van der Waals surface area contributed by atoms with Crippen molar-refractivity contribution < 1.29 is 4.79 Å². The number of aryl methyl sites for hydroxylation is 1. The number of aromatic nitrogens is 4. The molecule has 0 fully saturated rings. The van der Waals surface area contributed by atoms with E-state index >= 15 is 0 Å². The number of hydrogen-bond acceptors (Lipinski definition) is 6. The van der Waals surface area contributed by atoms with Gasteiger partial charge in [0.15, 0.2) is 0 Å². The maximum atomic E-state index is 11.8. The van der Waals surface area contributed by atoms with Crippen LogP contribution in [0.5, 0.6) is 0 Å². The van der Waals surface area contributed by atoms with E-state index in [0.717, 1.165) is 15.6 Å². The molecule has 124 valence electrons. The zero-order valence-electron chi connectivity index (χ0n) is 13.1. The number of tetrazole rings is 1. The molecule has 0 radical (unpaired) electrons. The highest BCUT2D eigenvalue weighted by molar-refractivity contribution is 7.16. The van der Waals surface area contributed by atoms with Crippen molar-refractivity contribution in [3.05, 3.63) is 47.3 Å². The molecule has 2 amide bonds. The number of carbonyl (C=O) groups excluding carboxylic acids is 1. The van der Waals surface area contributed by atoms with E-state index in [1.807, 2.05) is 49.4 Å². The summed E-state index contributed by atoms with van der Waals surface area (Å²) in [7, 11) is 0. The highest BCUT2D eigenvalue weighted by atomic mass is 32.1. The molecule has 0 atom stereocenters. The van der Waals surface area contributed by atoms with Gasteiger partial charge in [-0.1, -0.05) is 23.3 Å². The molecule has 3 N–H and O–H groups in total. The lowest BCUT2D eigenvalue weighted by atomic mass is 10.3. The second-order valence-electron chi connectivity index (χ2n) is 4.97. The number of urea groups is 1. The van der Waals surface area contributed by atoms with Crippen LogP contribution in [0.2, 0.25) is 0 Å². The van der Waals surface area contributed by atoms with Gasteiger partial charge in [-0.3, -0.25) is 5.32 Å². The van der Waals surface area contributed by atoms with Crippen LogP contribution in [-0.2, 0) is 0 Å². The van der Waals surface area contributed by atoms with Crippen molar-refractivity contribution >= 4 is 28.3 Å². The largest absolute Gasteiger partial charge is 0.351 e. The third kappa shape index (κ3) is 4.07. The van der Waals surface area contributed by atoms with Gasteiger partial charge in [0, 0.05) is 18.0 Å². The number of thiophene rings is 1. The Kier molecular flexibility index (Phi) is 5.02. The molecule has 0 spiro atoms. The molecule has 0 aliphatic carbocycles. The van der Waals surface area contributed by atoms with Crippen LogP contribution in [0, 0.1) is 6.92 Å². The van der Waals surface area contributed by atoms with E-state index < -0.39 is 0 Å². The third-order valence-electron chi connectivity index (χ3n) is 3.14. The number of nitrogens with zero attached hydrogens (tertiary/aromatic N) is 4. The first kappa shape index (κ1) is 15.9. The molecule has 0 aliphatic heterocycles. The molecule has 0 saturated carbocycles. The van der Waals surface area contributed by atoms with Crippen molar-refractivity contribution in [1.82, 2.24) is 25.5 Å². The normalized spacial score (nSPS) is 10.4. The number of hydrogen-bond donors (Lipinski definition) is 3. The fraction of sp³-hybridized carbons (Fsp3) is 0.200. The maximum Gasteiger partial charge on any atom is 0.319 e. The number of carbonyl (C=O) groups is 1. The molecule has 0 saturated heterocycles. The zero-order chi connectivity index (χ0) is 16.8. The Bertz CT molecular complexity index is 799. The SMILES string of the molecule is Cc1ccc(NC(=O)NCCNc2nnnn2-c2ccccc2)s1. The average molecular weight is 343 g/mol. The van der Waals surface area contributed by atoms with Gasteiger partial charge in [-0.15, -0.1) is 11.3 Å². The molecular weight excluding hydrogens is 326 g/mol. The van der Waals surface area contributed by atoms with Gasteiger partial charge in [-0.05, 0) is 41.6 Å². The number of para-hydroxylation sites is 1. The summed E-state index contributed by atoms with van der Waals surface area (Å²) >= 11 is 1.54. The summed E-state index contributed by atoms with van der Waals surface area (Å²) in [6, 6.07) is 13.2. The van der Waals surface area contributed by atoms with Crippen LogP contribution in [-0.4, -0.2) is 39.3 Å². The first-order valence-electron chi connectivity index (χ1n) is 7.41. The summed E-state index contributed by atoms with van der Waals surface area (Å²) in [6.45, 7) is 2.94. The number of anilines is 2. The highest BCUT2D eigenvalue weighted by Gasteiger charge is 2.07. The second-order valence-corrected chi connectivity index (χ2v) is 6.26. The highest BCUT2D eigenvalue weighted by Crippen LogP contribution is 2.20. The predicted molar refractivity (Wildman–Crippen MR) is 93.7 cm³/mol. The number of rotatable bonds is 6. The van der Waals surface area contributed by atoms with Crippen molar-refractivity contribution in [3.63, 3.8) is 0 Å². The van der Waals surface area contributed by atoms with Crippen LogP contribution in [0.3, 0.4) is 0 Å². The minimum atomic E-state index is -0.235. The van der Waals surface area contributed by atoms with Gasteiger partial charge in [0.1, 0.15) is 0 Å². The van der Waals surface area contributed by atoms with Crippen molar-refractivity contribution in [2.75, 3.05) is 23.7 Å². The number of nitrogens with one attached hydrogen (secondary N) is 3. The second kappa shape index (κ2) is 7.55. The zero-order valence-corrected chi connectivity index (χ0v) is 13.9. The van der Waals surface area contributed by atoms with E-state index in [9.17, 15) is 4.79 Å². The van der Waals surface area contributed by atoms with Crippen molar-refractivity contribution in [2.45, 2.75) is 6.92 Å². The standard InChI is InChI=1S/C15H17N7OS/c1-11-7-8-13(24-11)18-15(23)17-10-9-16-14-19-20-21-22(14)12-5-3-2-4-6-12/h2-8H,9-10H2,1H3,(H,16,19,21)(H2,17,18,23). The van der Waals surface area contributed by atoms with Crippen LogP contribution in [0.4, 0.5) is 15.7 Å². The summed E-state index contributed by atoms with van der Waals surface area (Å²) in [6.07, 6.45) is 0. The van der Waals surface area contributed by atoms with Gasteiger partial charge in [-0.2, -0.15) is 4.68 Å². The Morgan fingerprint density at radius 2 is 2.00 bits per heavy atom. The third-order valence-corrected chi connectivity index (χ3v) is 4.06. The molecule has 0 unspecified atom stereocenters. The topological polar surface area (TPSA) is 96.8 Å². The molecule has 0 aliphatic rings. The lowest BCUT2D eigenvalue weighted by molar-refractivity contribution is 0.252. The Hall–Kier alpha value is -2.94. The molecular formula is C15H17N7OS. The molecule has 24 heavy (non-hydrogen) atoms. The Balaban J connectivity index is 1.46. The quantitative estimate of drug-likeness (QED) is 0.597. The van der Waals surface area contributed by atoms with E-state index in [-0.39, 0.29) is 6.03 Å². The van der Waals surface area contributed by atoms with Crippen molar-refractivity contribution in [2.24, 2.45) is 0 Å². The van der Waals surface area contributed by atoms with Crippen LogP contribution in [0.25, 0.3) is 5.69 Å². The Labute approximate surface area is 142 Å². The first-order valence-corrected chi connectivity index (χ1v) is 8.23. The van der Waals surface area contributed by atoms with Crippen molar-refractivity contribution in [1.29, 1.82) is 0 Å². The maximum absolute atomic E-state index is 11.8. The predicted octanol–water partition coefficient (Wildman–Crippen LogP) is 2.27. The molecule has 0 bridgehead atoms. The van der Waals surface area contributed by atoms with Gasteiger partial charge in [0.05, 0.1) is 10.7 Å². The van der Waals surface area contributed by atoms with Crippen LogP contribution < -0.4 is 16.0 Å². The molecule has 3 aromatic rings. The fourth-order valence-electron chi connectivity index (χ4n) is 2.05. The van der Waals surface area contributed by atoms with Gasteiger partial charge in [-0.25, -0.2) is 4.79 Å². The van der Waals surface area contributed by atoms with E-state index in [0.29, 0.717) is 19.0 Å². The monoisotopic (exact) mass is 343 g/mol. The summed E-state index contributed by atoms with van der Waals surface area (Å²) in [5, 5.41) is 21.1. The van der Waals surface area contributed by atoms with Crippen LogP contribution in [0.15, 0.2) is 42.5 Å². The van der Waals surface area contributed by atoms with Gasteiger partial charge < -0.3 is 10.6 Å². The van der Waals surface area contributed by atoms with Crippen LogP contribution in [0.1, 0.15) is 4.88 Å². The van der Waals surface area contributed by atoms with Gasteiger partial charge in [0.25, 0.3) is 0 Å². The molecule has 3 rings (SSSR count). The Morgan fingerprint density at radius 1 is 1.17 bits per heavy atom. The van der Waals surface area contributed by atoms with E-state index in [1.54, 1.807) is 4.68 Å². The molecule has 1 aromatic carbocycles. The Morgan fingerprint density at radius 3 is 2.75 bits per heavy atom. The molecule has 9 heteroatoms. The van der Waals surface area contributed by atoms with E-state index in [2.05, 4.69) is 31.5 Å². The summed E-state index contributed by atoms with van der Waals surface area (Å²) in [4.78, 5) is 12.9. The first-order chi connectivity index (χ1) is 11.7. The summed E-state index contributed by atoms with van der Waals surface area (Å²) in [5.74, 6) is 0.525. The van der Waals surface area contributed by atoms with Gasteiger partial charge in [0.2, 0.25) is 5.95 Å². The smallest absolute Gasteiger partial charge is 0.319 e. The van der Waals surface area contributed by atoms with E-state index in [1.165, 1.54) is 11.3 Å². The summed E-state index contributed by atoms with van der Waals surface area (Å²) in [5.41, 5.74) is 0.865. The lowest BCUT2D eigenvalue weighted by Gasteiger charge is -2.08. The fourth-order valence-corrected chi connectivity index (χ4v) is 2.81. The van der Waals surface area contributed by atoms with Crippen molar-refractivity contribution in [3.8, 4) is 5.69 Å². The van der Waals surface area contributed by atoms with Gasteiger partial charge >= 0.3 is 6.03 Å². The van der Waals surface area contributed by atoms with Crippen LogP contribution >= 0.6 is 11.3 Å². The minimum Gasteiger partial charge on any atom is -0.351 e. The molecule has 2 heterocycles. The molecule has 2 aromatic heterocycles. The minimum absolute atomic E-state index is 0.235.